The Balaban J connectivity index is 1.38. The molecule has 8 heteroatoms. The molecule has 0 spiro atoms. The largest absolute Gasteiger partial charge is 0.369 e. The van der Waals surface area contributed by atoms with Crippen LogP contribution in [0.15, 0.2) is 42.9 Å². The molecule has 1 unspecified atom stereocenters. The third kappa shape index (κ3) is 2.50. The molecule has 0 aromatic carbocycles. The molecule has 3 aromatic rings. The third-order valence-corrected chi connectivity index (χ3v) is 5.00. The van der Waals surface area contributed by atoms with E-state index in [9.17, 15) is 5.11 Å². The fourth-order valence-electron chi connectivity index (χ4n) is 3.61. The van der Waals surface area contributed by atoms with E-state index in [-0.39, 0.29) is 0 Å². The fourth-order valence-corrected chi connectivity index (χ4v) is 3.61. The van der Waals surface area contributed by atoms with Gasteiger partial charge in [-0.25, -0.2) is 9.67 Å². The summed E-state index contributed by atoms with van der Waals surface area (Å²) in [5.41, 5.74) is 2.52. The molecule has 1 saturated heterocycles. The second kappa shape index (κ2) is 6.06. The van der Waals surface area contributed by atoms with Gasteiger partial charge in [0.2, 0.25) is 0 Å². The van der Waals surface area contributed by atoms with Crippen molar-refractivity contribution in [1.29, 1.82) is 0 Å². The molecule has 132 valence electrons. The van der Waals surface area contributed by atoms with Crippen LogP contribution in [-0.4, -0.2) is 43.2 Å². The summed E-state index contributed by atoms with van der Waals surface area (Å²) in [6, 6.07) is 7.70. The van der Waals surface area contributed by atoms with Crippen LogP contribution in [0, 0.1) is 0 Å². The summed E-state index contributed by atoms with van der Waals surface area (Å²) in [5.74, 6) is 1.65. The SMILES string of the molecule is OC1c2cn(-c3ccc(N4CCCC4)nc3)nc2CN1c1cccnn1. The molecule has 1 fully saturated rings. The summed E-state index contributed by atoms with van der Waals surface area (Å²) in [4.78, 5) is 8.66. The molecule has 5 heterocycles. The van der Waals surface area contributed by atoms with Crippen LogP contribution in [0.25, 0.3) is 5.69 Å². The molecule has 0 aliphatic carbocycles. The van der Waals surface area contributed by atoms with Gasteiger partial charge < -0.3 is 14.9 Å². The maximum Gasteiger partial charge on any atom is 0.158 e. The van der Waals surface area contributed by atoms with Gasteiger partial charge in [0.25, 0.3) is 0 Å². The Hall–Kier alpha value is -3.00. The fraction of sp³-hybridized carbons (Fsp3) is 0.333. The van der Waals surface area contributed by atoms with Crippen molar-refractivity contribution in [1.82, 2.24) is 25.0 Å². The number of fused-ring (bicyclic) bond motifs is 1. The highest BCUT2D eigenvalue weighted by Crippen LogP contribution is 2.34. The number of aromatic nitrogens is 5. The molecule has 1 atom stereocenters. The molecule has 0 radical (unpaired) electrons. The minimum absolute atomic E-state index is 0.501. The van der Waals surface area contributed by atoms with Crippen molar-refractivity contribution in [3.05, 3.63) is 54.1 Å². The number of hydrogen-bond donors (Lipinski definition) is 1. The zero-order chi connectivity index (χ0) is 17.5. The van der Waals surface area contributed by atoms with Gasteiger partial charge in [0.15, 0.2) is 12.0 Å². The first-order valence-corrected chi connectivity index (χ1v) is 8.82. The van der Waals surface area contributed by atoms with Gasteiger partial charge >= 0.3 is 0 Å². The lowest BCUT2D eigenvalue weighted by Gasteiger charge is -2.21. The first-order valence-electron chi connectivity index (χ1n) is 8.82. The van der Waals surface area contributed by atoms with Crippen molar-refractivity contribution in [2.75, 3.05) is 22.9 Å². The van der Waals surface area contributed by atoms with Gasteiger partial charge in [0.1, 0.15) is 5.82 Å². The van der Waals surface area contributed by atoms with Gasteiger partial charge in [-0.3, -0.25) is 0 Å². The quantitative estimate of drug-likeness (QED) is 0.770. The summed E-state index contributed by atoms with van der Waals surface area (Å²) in [6.45, 7) is 2.65. The summed E-state index contributed by atoms with van der Waals surface area (Å²) >= 11 is 0. The van der Waals surface area contributed by atoms with Gasteiger partial charge in [-0.15, -0.1) is 5.10 Å². The highest BCUT2D eigenvalue weighted by atomic mass is 16.3. The summed E-state index contributed by atoms with van der Waals surface area (Å²) in [7, 11) is 0. The normalized spacial score (nSPS) is 19.2. The molecular weight excluding hydrogens is 330 g/mol. The molecule has 0 bridgehead atoms. The number of aliphatic hydroxyl groups excluding tert-OH is 1. The molecule has 0 saturated carbocycles. The minimum atomic E-state index is -0.771. The van der Waals surface area contributed by atoms with Crippen LogP contribution >= 0.6 is 0 Å². The van der Waals surface area contributed by atoms with E-state index in [0.29, 0.717) is 12.4 Å². The summed E-state index contributed by atoms with van der Waals surface area (Å²) < 4.78 is 1.78. The van der Waals surface area contributed by atoms with Crippen molar-refractivity contribution in [3.8, 4) is 5.69 Å². The number of anilines is 2. The molecule has 2 aliphatic heterocycles. The Kier molecular flexibility index (Phi) is 3.56. The van der Waals surface area contributed by atoms with E-state index in [1.807, 2.05) is 30.6 Å². The topological polar surface area (TPSA) is 83.2 Å². The first-order chi connectivity index (χ1) is 12.8. The Labute approximate surface area is 150 Å². The average Bonchev–Trinajstić information content (AvgIpc) is 3.41. The maximum absolute atomic E-state index is 10.6. The predicted octanol–water partition coefficient (Wildman–Crippen LogP) is 1.67. The lowest BCUT2D eigenvalue weighted by atomic mass is 10.3. The molecule has 26 heavy (non-hydrogen) atoms. The average molecular weight is 349 g/mol. The van der Waals surface area contributed by atoms with E-state index >= 15 is 0 Å². The standard InChI is InChI=1S/C18H19N7O/c26-18-14-11-25(13-5-6-16(19-10-13)23-8-1-2-9-23)22-15(14)12-24(18)17-4-3-7-20-21-17/h3-7,10-11,18,26H,1-2,8-9,12H2. The number of hydrogen-bond acceptors (Lipinski definition) is 7. The Morgan fingerprint density at radius 3 is 2.65 bits per heavy atom. The van der Waals surface area contributed by atoms with Gasteiger partial charge in [-0.1, -0.05) is 0 Å². The van der Waals surface area contributed by atoms with E-state index in [0.717, 1.165) is 35.9 Å². The summed E-state index contributed by atoms with van der Waals surface area (Å²) in [5, 5.41) is 23.2. The Morgan fingerprint density at radius 2 is 1.96 bits per heavy atom. The van der Waals surface area contributed by atoms with E-state index in [1.165, 1.54) is 12.8 Å². The number of nitrogens with zero attached hydrogens (tertiary/aromatic N) is 7. The van der Waals surface area contributed by atoms with Crippen molar-refractivity contribution >= 4 is 11.6 Å². The van der Waals surface area contributed by atoms with Crippen LogP contribution in [0.1, 0.15) is 30.3 Å². The highest BCUT2D eigenvalue weighted by molar-refractivity contribution is 5.48. The lowest BCUT2D eigenvalue weighted by Crippen LogP contribution is -2.23. The van der Waals surface area contributed by atoms with Crippen LogP contribution in [0.3, 0.4) is 0 Å². The van der Waals surface area contributed by atoms with Gasteiger partial charge in [0, 0.05) is 31.0 Å². The van der Waals surface area contributed by atoms with Crippen LogP contribution in [0.2, 0.25) is 0 Å². The predicted molar refractivity (Wildman–Crippen MR) is 96.0 cm³/mol. The van der Waals surface area contributed by atoms with Gasteiger partial charge in [0.05, 0.1) is 24.1 Å². The smallest absolute Gasteiger partial charge is 0.158 e. The van der Waals surface area contributed by atoms with Crippen molar-refractivity contribution < 1.29 is 5.11 Å². The molecule has 5 rings (SSSR count). The Bertz CT molecular complexity index is 903. The zero-order valence-electron chi connectivity index (χ0n) is 14.2. The molecule has 3 aromatic heterocycles. The van der Waals surface area contributed by atoms with E-state index < -0.39 is 6.23 Å². The van der Waals surface area contributed by atoms with Crippen molar-refractivity contribution in [2.45, 2.75) is 25.6 Å². The van der Waals surface area contributed by atoms with Gasteiger partial charge in [-0.05, 0) is 37.1 Å². The second-order valence-corrected chi connectivity index (χ2v) is 6.63. The second-order valence-electron chi connectivity index (χ2n) is 6.63. The van der Waals surface area contributed by atoms with Crippen LogP contribution in [0.5, 0.6) is 0 Å². The van der Waals surface area contributed by atoms with Crippen molar-refractivity contribution in [3.63, 3.8) is 0 Å². The number of rotatable bonds is 3. The van der Waals surface area contributed by atoms with Crippen LogP contribution < -0.4 is 9.80 Å². The monoisotopic (exact) mass is 349 g/mol. The van der Waals surface area contributed by atoms with Crippen LogP contribution in [0.4, 0.5) is 11.6 Å². The maximum atomic E-state index is 10.6. The molecule has 8 nitrogen and oxygen atoms in total. The molecule has 1 N–H and O–H groups in total. The van der Waals surface area contributed by atoms with Gasteiger partial charge in [-0.2, -0.15) is 10.2 Å². The van der Waals surface area contributed by atoms with E-state index in [4.69, 9.17) is 0 Å². The molecule has 0 amide bonds. The van der Waals surface area contributed by atoms with Crippen molar-refractivity contribution in [2.24, 2.45) is 0 Å². The highest BCUT2D eigenvalue weighted by Gasteiger charge is 2.32. The number of aliphatic hydroxyl groups is 1. The molecular formula is C18H19N7O. The van der Waals surface area contributed by atoms with E-state index in [2.05, 4.69) is 25.2 Å². The third-order valence-electron chi connectivity index (χ3n) is 5.00. The van der Waals surface area contributed by atoms with Crippen LogP contribution in [-0.2, 0) is 6.54 Å². The Morgan fingerprint density at radius 1 is 1.08 bits per heavy atom. The number of pyridine rings is 1. The minimum Gasteiger partial charge on any atom is -0.369 e. The van der Waals surface area contributed by atoms with E-state index in [1.54, 1.807) is 21.8 Å². The lowest BCUT2D eigenvalue weighted by molar-refractivity contribution is 0.180. The first kappa shape index (κ1) is 15.3. The molecule has 2 aliphatic rings. The summed E-state index contributed by atoms with van der Waals surface area (Å²) in [6.07, 6.45) is 7.01. The zero-order valence-corrected chi connectivity index (χ0v) is 14.2.